The molecule has 0 amide bonds. The standard InChI is InChI=1S/C11H12Cl2O3/c1-6(2)16-10-5-9(13)8(12)4-7(10)11(14)15-3/h4-6H,1-3H3. The summed E-state index contributed by atoms with van der Waals surface area (Å²) in [5.74, 6) is -0.134. The first kappa shape index (κ1) is 13.1. The highest BCUT2D eigenvalue weighted by molar-refractivity contribution is 6.42. The minimum absolute atomic E-state index is 0.0688. The predicted octanol–water partition coefficient (Wildman–Crippen LogP) is 3.57. The van der Waals surface area contributed by atoms with Gasteiger partial charge in [-0.2, -0.15) is 0 Å². The topological polar surface area (TPSA) is 35.5 Å². The van der Waals surface area contributed by atoms with Crippen molar-refractivity contribution in [3.05, 3.63) is 27.7 Å². The van der Waals surface area contributed by atoms with Gasteiger partial charge in [0.25, 0.3) is 0 Å². The van der Waals surface area contributed by atoms with E-state index in [0.717, 1.165) is 0 Å². The van der Waals surface area contributed by atoms with Gasteiger partial charge in [-0.25, -0.2) is 4.79 Å². The molecule has 1 aromatic carbocycles. The molecule has 16 heavy (non-hydrogen) atoms. The van der Waals surface area contributed by atoms with Gasteiger partial charge < -0.3 is 9.47 Å². The number of esters is 1. The van der Waals surface area contributed by atoms with Crippen LogP contribution in [0.2, 0.25) is 10.0 Å². The average Bonchev–Trinajstić information content (AvgIpc) is 2.21. The summed E-state index contributed by atoms with van der Waals surface area (Å²) in [5, 5.41) is 0.628. The number of hydrogen-bond donors (Lipinski definition) is 0. The van der Waals surface area contributed by atoms with E-state index in [9.17, 15) is 4.79 Å². The van der Waals surface area contributed by atoms with Crippen LogP contribution in [0.4, 0.5) is 0 Å². The molecular formula is C11H12Cl2O3. The van der Waals surface area contributed by atoms with Crippen LogP contribution in [-0.4, -0.2) is 19.2 Å². The van der Waals surface area contributed by atoms with Gasteiger partial charge >= 0.3 is 5.97 Å². The second kappa shape index (κ2) is 5.41. The van der Waals surface area contributed by atoms with E-state index in [2.05, 4.69) is 4.74 Å². The van der Waals surface area contributed by atoms with Crippen molar-refractivity contribution in [2.45, 2.75) is 20.0 Å². The van der Waals surface area contributed by atoms with Crippen molar-refractivity contribution in [1.82, 2.24) is 0 Å². The summed E-state index contributed by atoms with van der Waals surface area (Å²) in [4.78, 5) is 11.5. The third kappa shape index (κ3) is 3.03. The lowest BCUT2D eigenvalue weighted by Crippen LogP contribution is -2.11. The van der Waals surface area contributed by atoms with Crippen molar-refractivity contribution < 1.29 is 14.3 Å². The second-order valence-electron chi connectivity index (χ2n) is 3.42. The van der Waals surface area contributed by atoms with E-state index in [0.29, 0.717) is 10.8 Å². The molecule has 0 bridgehead atoms. The van der Waals surface area contributed by atoms with Crippen LogP contribution in [0.1, 0.15) is 24.2 Å². The summed E-state index contributed by atoms with van der Waals surface area (Å²) in [6.45, 7) is 3.70. The van der Waals surface area contributed by atoms with Gasteiger partial charge in [-0.15, -0.1) is 0 Å². The lowest BCUT2D eigenvalue weighted by Gasteiger charge is -2.14. The minimum Gasteiger partial charge on any atom is -0.490 e. The van der Waals surface area contributed by atoms with Gasteiger partial charge in [0.1, 0.15) is 11.3 Å². The molecule has 3 nitrogen and oxygen atoms in total. The quantitative estimate of drug-likeness (QED) is 0.782. The fourth-order valence-electron chi connectivity index (χ4n) is 1.15. The molecule has 88 valence electrons. The minimum atomic E-state index is -0.505. The SMILES string of the molecule is COC(=O)c1cc(Cl)c(Cl)cc1OC(C)C. The Morgan fingerprint density at radius 2 is 1.81 bits per heavy atom. The highest BCUT2D eigenvalue weighted by atomic mass is 35.5. The molecule has 0 saturated heterocycles. The molecule has 0 aromatic heterocycles. The Morgan fingerprint density at radius 1 is 1.25 bits per heavy atom. The highest BCUT2D eigenvalue weighted by Crippen LogP contribution is 2.31. The first-order valence-electron chi connectivity index (χ1n) is 4.69. The molecule has 0 spiro atoms. The smallest absolute Gasteiger partial charge is 0.341 e. The van der Waals surface area contributed by atoms with Crippen molar-refractivity contribution >= 4 is 29.2 Å². The van der Waals surface area contributed by atoms with E-state index >= 15 is 0 Å². The number of carbonyl (C=O) groups is 1. The number of ether oxygens (including phenoxy) is 2. The molecule has 0 aliphatic heterocycles. The molecule has 1 aromatic rings. The maximum atomic E-state index is 11.5. The van der Waals surface area contributed by atoms with Gasteiger partial charge in [0.05, 0.1) is 23.3 Å². The van der Waals surface area contributed by atoms with E-state index in [1.807, 2.05) is 13.8 Å². The lowest BCUT2D eigenvalue weighted by atomic mass is 10.2. The highest BCUT2D eigenvalue weighted by Gasteiger charge is 2.16. The summed E-state index contributed by atoms with van der Waals surface area (Å²) < 4.78 is 10.1. The van der Waals surface area contributed by atoms with Crippen LogP contribution in [0, 0.1) is 0 Å². The van der Waals surface area contributed by atoms with Gasteiger partial charge in [-0.05, 0) is 19.9 Å². The first-order chi connectivity index (χ1) is 7.45. The maximum absolute atomic E-state index is 11.5. The molecule has 0 heterocycles. The van der Waals surface area contributed by atoms with Crippen LogP contribution >= 0.6 is 23.2 Å². The Balaban J connectivity index is 3.21. The normalized spacial score (nSPS) is 10.4. The van der Waals surface area contributed by atoms with Crippen LogP contribution < -0.4 is 4.74 Å². The van der Waals surface area contributed by atoms with Crippen molar-refractivity contribution in [2.75, 3.05) is 7.11 Å². The van der Waals surface area contributed by atoms with Gasteiger partial charge in [0, 0.05) is 6.07 Å². The number of halogens is 2. The van der Waals surface area contributed by atoms with E-state index in [-0.39, 0.29) is 16.7 Å². The molecule has 0 aliphatic rings. The van der Waals surface area contributed by atoms with Gasteiger partial charge in [-0.1, -0.05) is 23.2 Å². The molecule has 0 aliphatic carbocycles. The molecule has 0 unspecified atom stereocenters. The Hall–Kier alpha value is -0.930. The van der Waals surface area contributed by atoms with Gasteiger partial charge in [-0.3, -0.25) is 0 Å². The zero-order chi connectivity index (χ0) is 12.3. The Kier molecular flexibility index (Phi) is 4.44. The fourth-order valence-corrected chi connectivity index (χ4v) is 1.47. The van der Waals surface area contributed by atoms with E-state index in [1.165, 1.54) is 19.2 Å². The molecular weight excluding hydrogens is 251 g/mol. The Labute approximate surface area is 104 Å². The largest absolute Gasteiger partial charge is 0.490 e. The third-order valence-corrected chi connectivity index (χ3v) is 2.51. The summed E-state index contributed by atoms with van der Waals surface area (Å²) >= 11 is 11.7. The molecule has 0 radical (unpaired) electrons. The number of hydrogen-bond acceptors (Lipinski definition) is 3. The molecule has 0 atom stereocenters. The van der Waals surface area contributed by atoms with Crippen LogP contribution in [-0.2, 0) is 4.74 Å². The van der Waals surface area contributed by atoms with E-state index < -0.39 is 5.97 Å². The van der Waals surface area contributed by atoms with Crippen molar-refractivity contribution in [2.24, 2.45) is 0 Å². The van der Waals surface area contributed by atoms with Crippen LogP contribution in [0.15, 0.2) is 12.1 Å². The second-order valence-corrected chi connectivity index (χ2v) is 4.24. The first-order valence-corrected chi connectivity index (χ1v) is 5.45. The number of rotatable bonds is 3. The number of methoxy groups -OCH3 is 1. The van der Waals surface area contributed by atoms with Crippen LogP contribution in [0.25, 0.3) is 0 Å². The summed E-state index contributed by atoms with van der Waals surface area (Å²) in [5.41, 5.74) is 0.269. The van der Waals surface area contributed by atoms with Crippen molar-refractivity contribution in [3.8, 4) is 5.75 Å². The van der Waals surface area contributed by atoms with Gasteiger partial charge in [0.2, 0.25) is 0 Å². The third-order valence-electron chi connectivity index (χ3n) is 1.79. The zero-order valence-corrected chi connectivity index (χ0v) is 10.7. The lowest BCUT2D eigenvalue weighted by molar-refractivity contribution is 0.0594. The summed E-state index contributed by atoms with van der Waals surface area (Å²) in [6, 6.07) is 2.95. The molecule has 0 N–H and O–H groups in total. The summed E-state index contributed by atoms with van der Waals surface area (Å²) in [6.07, 6.45) is -0.0688. The Bertz CT molecular complexity index is 402. The van der Waals surface area contributed by atoms with Crippen molar-refractivity contribution in [3.63, 3.8) is 0 Å². The van der Waals surface area contributed by atoms with Gasteiger partial charge in [0.15, 0.2) is 0 Å². The fraction of sp³-hybridized carbons (Fsp3) is 0.364. The van der Waals surface area contributed by atoms with Crippen LogP contribution in [0.5, 0.6) is 5.75 Å². The molecule has 5 heteroatoms. The zero-order valence-electron chi connectivity index (χ0n) is 9.21. The average molecular weight is 263 g/mol. The predicted molar refractivity (Wildman–Crippen MR) is 63.6 cm³/mol. The van der Waals surface area contributed by atoms with E-state index in [4.69, 9.17) is 27.9 Å². The Morgan fingerprint density at radius 3 is 2.31 bits per heavy atom. The monoisotopic (exact) mass is 262 g/mol. The number of carbonyl (C=O) groups excluding carboxylic acids is 1. The van der Waals surface area contributed by atoms with E-state index in [1.54, 1.807) is 0 Å². The maximum Gasteiger partial charge on any atom is 0.341 e. The number of benzene rings is 1. The molecule has 0 fully saturated rings. The summed E-state index contributed by atoms with van der Waals surface area (Å²) in [7, 11) is 1.30. The molecule has 1 rings (SSSR count). The molecule has 0 saturated carbocycles. The van der Waals surface area contributed by atoms with Crippen molar-refractivity contribution in [1.29, 1.82) is 0 Å². The van der Waals surface area contributed by atoms with Crippen LogP contribution in [0.3, 0.4) is 0 Å².